The minimum Gasteiger partial charge on any atom is -0.468 e. The summed E-state index contributed by atoms with van der Waals surface area (Å²) in [4.78, 5) is 24.7. The minimum absolute atomic E-state index is 0.0393. The van der Waals surface area contributed by atoms with Gasteiger partial charge >= 0.3 is 0 Å². The summed E-state index contributed by atoms with van der Waals surface area (Å²) in [5.74, 6) is -0.534. The molecule has 1 aliphatic rings. The number of hydrogen-bond donors (Lipinski definition) is 2. The van der Waals surface area contributed by atoms with Crippen LogP contribution in [0.4, 0.5) is 10.1 Å². The number of carbonyl (C=O) groups excluding carboxylic acids is 1. The molecule has 11 heteroatoms. The number of thioether (sulfide) groups is 1. The van der Waals surface area contributed by atoms with Crippen molar-refractivity contribution in [3.05, 3.63) is 47.7 Å². The molecule has 2 aromatic rings. The third-order valence-corrected chi connectivity index (χ3v) is 5.79. The number of rotatable bonds is 9. The van der Waals surface area contributed by atoms with Crippen LogP contribution in [0.3, 0.4) is 0 Å². The minimum atomic E-state index is -0.547. The van der Waals surface area contributed by atoms with Crippen molar-refractivity contribution in [1.82, 2.24) is 9.97 Å². The summed E-state index contributed by atoms with van der Waals surface area (Å²) in [6, 6.07) is 4.38. The zero-order valence-electron chi connectivity index (χ0n) is 18.1. The van der Waals surface area contributed by atoms with E-state index in [1.54, 1.807) is 20.2 Å². The predicted octanol–water partition coefficient (Wildman–Crippen LogP) is 2.27. The largest absolute Gasteiger partial charge is 0.468 e. The summed E-state index contributed by atoms with van der Waals surface area (Å²) >= 11 is 1.31. The fourth-order valence-electron chi connectivity index (χ4n) is 3.05. The summed E-state index contributed by atoms with van der Waals surface area (Å²) in [6.07, 6.45) is 2.99. The highest BCUT2D eigenvalue weighted by Gasteiger charge is 2.29. The van der Waals surface area contributed by atoms with Crippen LogP contribution in [-0.2, 0) is 15.9 Å². The fraction of sp³-hybridized carbons (Fsp3) is 0.429. The molecule has 0 spiro atoms. The van der Waals surface area contributed by atoms with Crippen LogP contribution in [0, 0.1) is 5.82 Å². The Morgan fingerprint density at radius 1 is 1.41 bits per heavy atom. The Morgan fingerprint density at radius 2 is 2.19 bits per heavy atom. The van der Waals surface area contributed by atoms with Gasteiger partial charge in [0.05, 0.1) is 32.2 Å². The smallest absolute Gasteiger partial charge is 0.275 e. The van der Waals surface area contributed by atoms with E-state index in [4.69, 9.17) is 19.9 Å². The Hall–Kier alpha value is -2.76. The third-order valence-electron chi connectivity index (χ3n) is 4.64. The lowest BCUT2D eigenvalue weighted by Gasteiger charge is -2.28. The van der Waals surface area contributed by atoms with Gasteiger partial charge in [0, 0.05) is 24.6 Å². The second kappa shape index (κ2) is 10.7. The van der Waals surface area contributed by atoms with Crippen LogP contribution in [0.25, 0.3) is 0 Å². The monoisotopic (exact) mass is 463 g/mol. The molecule has 1 aliphatic heterocycles. The Labute approximate surface area is 190 Å². The van der Waals surface area contributed by atoms with E-state index in [1.165, 1.54) is 36.3 Å². The average molecular weight is 464 g/mol. The first kappa shape index (κ1) is 23.9. The van der Waals surface area contributed by atoms with Crippen molar-refractivity contribution in [3.8, 4) is 5.88 Å². The van der Waals surface area contributed by atoms with Crippen LogP contribution in [-0.4, -0.2) is 65.9 Å². The number of amides is 1. The van der Waals surface area contributed by atoms with Gasteiger partial charge in [-0.05, 0) is 37.1 Å². The summed E-state index contributed by atoms with van der Waals surface area (Å²) in [7, 11) is 3.16. The lowest BCUT2D eigenvalue weighted by atomic mass is 10.00. The number of amidine groups is 1. The number of methoxy groups -OCH3 is 1. The van der Waals surface area contributed by atoms with Gasteiger partial charge in [-0.2, -0.15) is 0 Å². The van der Waals surface area contributed by atoms with Crippen molar-refractivity contribution < 1.29 is 23.4 Å². The van der Waals surface area contributed by atoms with Crippen molar-refractivity contribution in [2.24, 2.45) is 10.7 Å². The van der Waals surface area contributed by atoms with E-state index in [1.807, 2.05) is 6.92 Å². The normalized spacial score (nSPS) is 16.2. The van der Waals surface area contributed by atoms with E-state index in [0.29, 0.717) is 48.5 Å². The third kappa shape index (κ3) is 6.38. The molecule has 1 amide bonds. The van der Waals surface area contributed by atoms with E-state index in [0.717, 1.165) is 0 Å². The van der Waals surface area contributed by atoms with Gasteiger partial charge in [0.2, 0.25) is 5.88 Å². The molecule has 2 heterocycles. The Morgan fingerprint density at radius 3 is 2.78 bits per heavy atom. The molecule has 1 aromatic heterocycles. The highest BCUT2D eigenvalue weighted by atomic mass is 32.2. The molecule has 0 aliphatic carbocycles. The molecular weight excluding hydrogens is 437 g/mol. The number of anilines is 1. The molecule has 1 atom stereocenters. The molecule has 0 radical (unpaired) electrons. The molecule has 32 heavy (non-hydrogen) atoms. The summed E-state index contributed by atoms with van der Waals surface area (Å²) in [5, 5.41) is 3.10. The average Bonchev–Trinajstić information content (AvgIpc) is 2.73. The quantitative estimate of drug-likeness (QED) is 0.429. The lowest BCUT2D eigenvalue weighted by molar-refractivity contribution is -0.0814. The molecule has 1 fully saturated rings. The second-order valence-corrected chi connectivity index (χ2v) is 9.11. The summed E-state index contributed by atoms with van der Waals surface area (Å²) in [6.45, 7) is 3.27. The van der Waals surface area contributed by atoms with E-state index in [-0.39, 0.29) is 17.6 Å². The molecule has 0 unspecified atom stereocenters. The molecule has 172 valence electrons. The molecule has 3 N–H and O–H groups in total. The van der Waals surface area contributed by atoms with Gasteiger partial charge in [0.15, 0.2) is 5.17 Å². The highest BCUT2D eigenvalue weighted by Crippen LogP contribution is 2.31. The van der Waals surface area contributed by atoms with Crippen LogP contribution < -0.4 is 15.8 Å². The van der Waals surface area contributed by atoms with Crippen molar-refractivity contribution in [2.75, 3.05) is 39.3 Å². The van der Waals surface area contributed by atoms with Crippen LogP contribution in [0.1, 0.15) is 23.0 Å². The number of carbonyl (C=O) groups is 1. The maximum Gasteiger partial charge on any atom is 0.275 e. The first-order valence-electron chi connectivity index (χ1n) is 9.88. The zero-order valence-corrected chi connectivity index (χ0v) is 18.9. The molecule has 1 saturated heterocycles. The maximum absolute atomic E-state index is 14.5. The van der Waals surface area contributed by atoms with E-state index in [9.17, 15) is 9.18 Å². The zero-order chi connectivity index (χ0) is 23.1. The maximum atomic E-state index is 14.5. The van der Waals surface area contributed by atoms with Crippen LogP contribution in [0.2, 0.25) is 0 Å². The predicted molar refractivity (Wildman–Crippen MR) is 121 cm³/mol. The van der Waals surface area contributed by atoms with Crippen LogP contribution >= 0.6 is 11.8 Å². The number of nitrogens with one attached hydrogen (secondary N) is 1. The fourth-order valence-corrected chi connectivity index (χ4v) is 4.05. The lowest BCUT2D eigenvalue weighted by Crippen LogP contribution is -2.38. The highest BCUT2D eigenvalue weighted by molar-refractivity contribution is 8.15. The number of benzene rings is 1. The van der Waals surface area contributed by atoms with Gasteiger partial charge in [0.25, 0.3) is 5.91 Å². The second-order valence-electron chi connectivity index (χ2n) is 7.50. The molecule has 1 aromatic carbocycles. The van der Waals surface area contributed by atoms with Crippen molar-refractivity contribution in [2.45, 2.75) is 24.2 Å². The Bertz CT molecular complexity index is 971. The first-order valence-corrected chi connectivity index (χ1v) is 10.7. The first-order chi connectivity index (χ1) is 15.3. The van der Waals surface area contributed by atoms with Crippen molar-refractivity contribution in [3.63, 3.8) is 0 Å². The topological polar surface area (TPSA) is 121 Å². The number of aliphatic imine (C=N–C) groups is 1. The van der Waals surface area contributed by atoms with Gasteiger partial charge in [-0.25, -0.2) is 14.4 Å². The molecule has 9 nitrogen and oxygen atoms in total. The van der Waals surface area contributed by atoms with E-state index in [2.05, 4.69) is 20.3 Å². The SMILES string of the molecule is CN=C(N)S[C@@](C)(COC)Cc1cc(NC(=O)c2cnc(OC3COC3)cn2)ccc1F. The number of nitrogens with two attached hydrogens (primary N) is 1. The molecule has 0 saturated carbocycles. The van der Waals surface area contributed by atoms with Gasteiger partial charge in [-0.15, -0.1) is 0 Å². The molecular formula is C21H26FN5O4S. The molecule has 0 bridgehead atoms. The van der Waals surface area contributed by atoms with Gasteiger partial charge in [-0.1, -0.05) is 11.8 Å². The Kier molecular flexibility index (Phi) is 7.99. The van der Waals surface area contributed by atoms with Gasteiger partial charge < -0.3 is 25.3 Å². The van der Waals surface area contributed by atoms with Crippen molar-refractivity contribution >= 4 is 28.5 Å². The standard InChI is InChI=1S/C21H26FN5O4S/c1-21(12-29-3,32-20(23)24-2)7-13-6-14(4-5-16(13)22)27-19(28)17-8-26-18(9-25-17)31-15-10-30-11-15/h4-6,8-9,15H,7,10-12H2,1-3H3,(H2,23,24)(H,27,28)/t21-/m1/s1. The number of aromatic nitrogens is 2. The van der Waals surface area contributed by atoms with E-state index < -0.39 is 10.7 Å². The Balaban J connectivity index is 1.69. The van der Waals surface area contributed by atoms with Gasteiger partial charge in [0.1, 0.15) is 17.6 Å². The van der Waals surface area contributed by atoms with Crippen LogP contribution in [0.15, 0.2) is 35.6 Å². The van der Waals surface area contributed by atoms with Gasteiger partial charge in [-0.3, -0.25) is 9.79 Å². The van der Waals surface area contributed by atoms with Crippen LogP contribution in [0.5, 0.6) is 5.88 Å². The summed E-state index contributed by atoms with van der Waals surface area (Å²) < 4.78 is 29.9. The van der Waals surface area contributed by atoms with E-state index >= 15 is 0 Å². The molecule has 3 rings (SSSR count). The number of nitrogens with zero attached hydrogens (tertiary/aromatic N) is 3. The number of ether oxygens (including phenoxy) is 3. The van der Waals surface area contributed by atoms with Crippen molar-refractivity contribution in [1.29, 1.82) is 0 Å². The number of halogens is 1. The number of hydrogen-bond acceptors (Lipinski definition) is 8. The summed E-state index contributed by atoms with van der Waals surface area (Å²) in [5.41, 5.74) is 6.82.